The minimum absolute atomic E-state index is 0.181. The van der Waals surface area contributed by atoms with Gasteiger partial charge in [0.05, 0.1) is 17.2 Å². The minimum atomic E-state index is -0.858. The fraction of sp³-hybridized carbons (Fsp3) is 0.650. The molecule has 0 aliphatic carbocycles. The molecule has 0 fully saturated rings. The summed E-state index contributed by atoms with van der Waals surface area (Å²) in [6.45, 7) is 10.8. The van der Waals surface area contributed by atoms with E-state index in [2.05, 4.69) is 5.32 Å². The van der Waals surface area contributed by atoms with E-state index >= 15 is 0 Å². The summed E-state index contributed by atoms with van der Waals surface area (Å²) >= 11 is 6.29. The Morgan fingerprint density at radius 1 is 1.19 bits per heavy atom. The lowest BCUT2D eigenvalue weighted by molar-refractivity contribution is -0.139. The fourth-order valence-electron chi connectivity index (χ4n) is 2.12. The maximum Gasteiger partial charge on any atom is 0.256 e. The lowest BCUT2D eigenvalue weighted by Gasteiger charge is -2.27. The zero-order valence-corrected chi connectivity index (χ0v) is 17.5. The Morgan fingerprint density at radius 3 is 2.42 bits per heavy atom. The van der Waals surface area contributed by atoms with Crippen LogP contribution in [0.25, 0.3) is 0 Å². The molecule has 0 spiro atoms. The first-order chi connectivity index (χ1) is 12.2. The average molecular weight is 386 g/mol. The number of nitrogens with one attached hydrogen (secondary N) is 1. The molecule has 1 aromatic rings. The van der Waals surface area contributed by atoms with Crippen LogP contribution in [0, 0.1) is 0 Å². The molecule has 1 amide bonds. The Morgan fingerprint density at radius 2 is 1.88 bits per heavy atom. The van der Waals surface area contributed by atoms with Crippen LogP contribution in [0.2, 0.25) is 5.02 Å². The molecule has 1 aromatic carbocycles. The molecule has 26 heavy (non-hydrogen) atoms. The summed E-state index contributed by atoms with van der Waals surface area (Å²) in [6, 6.07) is 5.22. The lowest BCUT2D eigenvalue weighted by Crippen LogP contribution is -2.42. The molecule has 1 atom stereocenters. The summed E-state index contributed by atoms with van der Waals surface area (Å²) < 4.78 is 16.8. The molecule has 0 unspecified atom stereocenters. The SMILES string of the molecule is CCCO[C@@](C)(CC)C(=O)Nc1ccc(OCCC(C)(C)OC)c(Cl)c1. The van der Waals surface area contributed by atoms with Crippen molar-refractivity contribution in [1.82, 2.24) is 0 Å². The Bertz CT molecular complexity index is 591. The Balaban J connectivity index is 2.70. The van der Waals surface area contributed by atoms with Crippen molar-refractivity contribution in [3.8, 4) is 5.75 Å². The molecule has 0 aromatic heterocycles. The van der Waals surface area contributed by atoms with E-state index < -0.39 is 5.60 Å². The second kappa shape index (κ2) is 10.1. The van der Waals surface area contributed by atoms with Crippen LogP contribution >= 0.6 is 11.6 Å². The van der Waals surface area contributed by atoms with Gasteiger partial charge >= 0.3 is 0 Å². The first-order valence-electron chi connectivity index (χ1n) is 9.10. The topological polar surface area (TPSA) is 56.8 Å². The van der Waals surface area contributed by atoms with Gasteiger partial charge in [-0.1, -0.05) is 25.4 Å². The van der Waals surface area contributed by atoms with E-state index in [-0.39, 0.29) is 11.5 Å². The summed E-state index contributed by atoms with van der Waals surface area (Å²) in [4.78, 5) is 12.6. The van der Waals surface area contributed by atoms with E-state index in [9.17, 15) is 4.79 Å². The first-order valence-corrected chi connectivity index (χ1v) is 9.48. The van der Waals surface area contributed by atoms with Crippen LogP contribution < -0.4 is 10.1 Å². The number of hydrogen-bond acceptors (Lipinski definition) is 4. The zero-order valence-electron chi connectivity index (χ0n) is 16.8. The van der Waals surface area contributed by atoms with Gasteiger partial charge in [0, 0.05) is 25.8 Å². The molecule has 148 valence electrons. The first kappa shape index (κ1) is 22.7. The number of halogens is 1. The maximum absolute atomic E-state index is 12.6. The van der Waals surface area contributed by atoms with Crippen molar-refractivity contribution in [2.24, 2.45) is 0 Å². The predicted octanol–water partition coefficient (Wildman–Crippen LogP) is 5.07. The molecule has 1 rings (SSSR count). The van der Waals surface area contributed by atoms with Crippen LogP contribution in [0.15, 0.2) is 18.2 Å². The summed E-state index contributed by atoms with van der Waals surface area (Å²) in [6.07, 6.45) is 2.19. The average Bonchev–Trinajstić information content (AvgIpc) is 2.61. The minimum Gasteiger partial charge on any atom is -0.492 e. The van der Waals surface area contributed by atoms with Crippen LogP contribution in [-0.4, -0.2) is 37.4 Å². The Hall–Kier alpha value is -1.30. The summed E-state index contributed by atoms with van der Waals surface area (Å²) in [5.41, 5.74) is -0.489. The fourth-order valence-corrected chi connectivity index (χ4v) is 2.36. The van der Waals surface area contributed by atoms with Crippen LogP contribution in [0.1, 0.15) is 53.9 Å². The van der Waals surface area contributed by atoms with Crippen molar-refractivity contribution < 1.29 is 19.0 Å². The highest BCUT2D eigenvalue weighted by atomic mass is 35.5. The molecule has 5 nitrogen and oxygen atoms in total. The van der Waals surface area contributed by atoms with E-state index in [1.54, 1.807) is 32.2 Å². The molecule has 0 saturated carbocycles. The standard InChI is InChI=1S/C20H32ClNO4/c1-7-12-26-20(5,8-2)18(23)22-15-9-10-17(16(21)14-15)25-13-11-19(3,4)24-6/h9-10,14H,7-8,11-13H2,1-6H3,(H,22,23)/t20-/m0/s1. The highest BCUT2D eigenvalue weighted by Crippen LogP contribution is 2.29. The van der Waals surface area contributed by atoms with Gasteiger partial charge in [-0.15, -0.1) is 0 Å². The van der Waals surface area contributed by atoms with Gasteiger partial charge in [0.2, 0.25) is 0 Å². The molecule has 0 aliphatic rings. The predicted molar refractivity (Wildman–Crippen MR) is 106 cm³/mol. The van der Waals surface area contributed by atoms with Crippen molar-refractivity contribution >= 4 is 23.2 Å². The van der Waals surface area contributed by atoms with Gasteiger partial charge in [-0.2, -0.15) is 0 Å². The second-order valence-electron chi connectivity index (χ2n) is 7.09. The van der Waals surface area contributed by atoms with Gasteiger partial charge in [0.25, 0.3) is 5.91 Å². The number of anilines is 1. The second-order valence-corrected chi connectivity index (χ2v) is 7.50. The van der Waals surface area contributed by atoms with Gasteiger partial charge in [0.15, 0.2) is 0 Å². The van der Waals surface area contributed by atoms with Crippen LogP contribution in [0.5, 0.6) is 5.75 Å². The van der Waals surface area contributed by atoms with Crippen molar-refractivity contribution in [3.05, 3.63) is 23.2 Å². The summed E-state index contributed by atoms with van der Waals surface area (Å²) in [5.74, 6) is 0.400. The number of carbonyl (C=O) groups is 1. The third kappa shape index (κ3) is 6.78. The third-order valence-electron chi connectivity index (χ3n) is 4.48. The monoisotopic (exact) mass is 385 g/mol. The number of carbonyl (C=O) groups excluding carboxylic acids is 1. The smallest absolute Gasteiger partial charge is 0.256 e. The zero-order chi connectivity index (χ0) is 19.8. The van der Waals surface area contributed by atoms with Crippen molar-refractivity contribution in [1.29, 1.82) is 0 Å². The molecule has 0 bridgehead atoms. The van der Waals surface area contributed by atoms with Crippen LogP contribution in [0.3, 0.4) is 0 Å². The van der Waals surface area contributed by atoms with Gasteiger partial charge < -0.3 is 19.5 Å². The van der Waals surface area contributed by atoms with Crippen LogP contribution in [-0.2, 0) is 14.3 Å². The van der Waals surface area contributed by atoms with E-state index in [0.29, 0.717) is 36.1 Å². The molecular formula is C20H32ClNO4. The third-order valence-corrected chi connectivity index (χ3v) is 4.78. The van der Waals surface area contributed by atoms with Crippen molar-refractivity contribution in [2.45, 2.75) is 65.1 Å². The number of hydrogen-bond donors (Lipinski definition) is 1. The van der Waals surface area contributed by atoms with Gasteiger partial charge in [-0.25, -0.2) is 0 Å². The highest BCUT2D eigenvalue weighted by molar-refractivity contribution is 6.32. The Kier molecular flexibility index (Phi) is 8.87. The number of amides is 1. The van der Waals surface area contributed by atoms with Crippen molar-refractivity contribution in [2.75, 3.05) is 25.6 Å². The van der Waals surface area contributed by atoms with Gasteiger partial charge in [0.1, 0.15) is 11.4 Å². The molecule has 6 heteroatoms. The van der Waals surface area contributed by atoms with E-state index in [0.717, 1.165) is 12.8 Å². The molecule has 0 radical (unpaired) electrons. The number of ether oxygens (including phenoxy) is 3. The van der Waals surface area contributed by atoms with Gasteiger partial charge in [-0.3, -0.25) is 4.79 Å². The molecule has 0 aliphatic heterocycles. The molecule has 1 N–H and O–H groups in total. The number of benzene rings is 1. The number of rotatable bonds is 11. The van der Waals surface area contributed by atoms with Crippen LogP contribution in [0.4, 0.5) is 5.69 Å². The van der Waals surface area contributed by atoms with E-state index in [4.69, 9.17) is 25.8 Å². The summed E-state index contributed by atoms with van der Waals surface area (Å²) in [5, 5.41) is 3.33. The van der Waals surface area contributed by atoms with E-state index in [1.165, 1.54) is 0 Å². The normalized spacial score (nSPS) is 14.0. The van der Waals surface area contributed by atoms with Crippen molar-refractivity contribution in [3.63, 3.8) is 0 Å². The highest BCUT2D eigenvalue weighted by Gasteiger charge is 2.32. The quantitative estimate of drug-likeness (QED) is 0.577. The molecule has 0 saturated heterocycles. The Labute approximate surface area is 162 Å². The maximum atomic E-state index is 12.6. The summed E-state index contributed by atoms with van der Waals surface area (Å²) in [7, 11) is 1.68. The molecule has 0 heterocycles. The van der Waals surface area contributed by atoms with E-state index in [1.807, 2.05) is 27.7 Å². The largest absolute Gasteiger partial charge is 0.492 e. The number of methoxy groups -OCH3 is 1. The molecular weight excluding hydrogens is 354 g/mol. The lowest BCUT2D eigenvalue weighted by atomic mass is 10.0. The van der Waals surface area contributed by atoms with Gasteiger partial charge in [-0.05, 0) is 51.8 Å².